The van der Waals surface area contributed by atoms with Crippen LogP contribution in [-0.4, -0.2) is 21.3 Å². The molecule has 0 saturated heterocycles. The normalized spacial score (nSPS) is 9.87. The highest BCUT2D eigenvalue weighted by Gasteiger charge is 2.11. The van der Waals surface area contributed by atoms with Crippen molar-refractivity contribution in [1.29, 1.82) is 0 Å². The second kappa shape index (κ2) is 3.83. The van der Waals surface area contributed by atoms with Gasteiger partial charge in [-0.25, -0.2) is 9.59 Å². The molecule has 0 amide bonds. The van der Waals surface area contributed by atoms with Gasteiger partial charge in [0.15, 0.2) is 0 Å². The molecular weight excluding hydrogens is 196 g/mol. The van der Waals surface area contributed by atoms with Crippen LogP contribution in [0.2, 0.25) is 0 Å². The van der Waals surface area contributed by atoms with Crippen LogP contribution < -0.4 is 0 Å². The van der Waals surface area contributed by atoms with E-state index in [2.05, 4.69) is 4.74 Å². The number of hydrogen-bond acceptors (Lipinski definition) is 3. The minimum absolute atomic E-state index is 0.723. The van der Waals surface area contributed by atoms with Crippen LogP contribution in [0.25, 0.3) is 0 Å². The Morgan fingerprint density at radius 1 is 0.733 bits per heavy atom. The molecule has 0 aliphatic rings. The van der Waals surface area contributed by atoms with Crippen molar-refractivity contribution in [3.05, 3.63) is 49.1 Å². The summed E-state index contributed by atoms with van der Waals surface area (Å²) < 4.78 is 6.95. The molecule has 2 rings (SSSR count). The van der Waals surface area contributed by atoms with E-state index in [1.807, 2.05) is 0 Å². The summed E-state index contributed by atoms with van der Waals surface area (Å²) in [5, 5.41) is 0. The average molecular weight is 204 g/mol. The number of aromatic nitrogens is 2. The summed E-state index contributed by atoms with van der Waals surface area (Å²) in [6.45, 7) is 0. The van der Waals surface area contributed by atoms with E-state index < -0.39 is 12.2 Å². The van der Waals surface area contributed by atoms with Gasteiger partial charge in [-0.2, -0.15) is 0 Å². The summed E-state index contributed by atoms with van der Waals surface area (Å²) in [4.78, 5) is 22.6. The Labute approximate surface area is 85.5 Å². The van der Waals surface area contributed by atoms with Crippen molar-refractivity contribution in [2.24, 2.45) is 0 Å². The molecule has 0 N–H and O–H groups in total. The van der Waals surface area contributed by atoms with Crippen LogP contribution in [0, 0.1) is 0 Å². The molecule has 0 atom stereocenters. The Hall–Kier alpha value is -2.30. The molecule has 5 heteroatoms. The van der Waals surface area contributed by atoms with Crippen LogP contribution in [-0.2, 0) is 4.74 Å². The molecule has 0 saturated carbocycles. The quantitative estimate of drug-likeness (QED) is 0.616. The summed E-state index contributed by atoms with van der Waals surface area (Å²) in [6.07, 6.45) is 4.57. The molecule has 0 spiro atoms. The van der Waals surface area contributed by atoms with E-state index >= 15 is 0 Å². The summed E-state index contributed by atoms with van der Waals surface area (Å²) in [7, 11) is 0. The average Bonchev–Trinajstić information content (AvgIpc) is 2.91. The Balaban J connectivity index is 2.04. The molecule has 0 unspecified atom stereocenters. The minimum atomic E-state index is -0.723. The van der Waals surface area contributed by atoms with E-state index in [1.165, 1.54) is 33.9 Å². The number of carbonyl (C=O) groups excluding carboxylic acids is 2. The van der Waals surface area contributed by atoms with Gasteiger partial charge in [0.05, 0.1) is 0 Å². The third-order valence-electron chi connectivity index (χ3n) is 1.81. The van der Waals surface area contributed by atoms with E-state index in [9.17, 15) is 9.59 Å². The lowest BCUT2D eigenvalue weighted by Gasteiger charge is -2.02. The zero-order chi connectivity index (χ0) is 10.7. The van der Waals surface area contributed by atoms with Gasteiger partial charge < -0.3 is 4.74 Å². The summed E-state index contributed by atoms with van der Waals surface area (Å²) in [5.41, 5.74) is 0. The van der Waals surface area contributed by atoms with Crippen LogP contribution in [0.3, 0.4) is 0 Å². The molecule has 0 aromatic carbocycles. The van der Waals surface area contributed by atoms with Crippen molar-refractivity contribution >= 4 is 12.2 Å². The largest absolute Gasteiger partial charge is 0.426 e. The van der Waals surface area contributed by atoms with Crippen LogP contribution >= 0.6 is 0 Å². The molecular formula is C10H8N2O3. The highest BCUT2D eigenvalue weighted by Crippen LogP contribution is 1.97. The lowest BCUT2D eigenvalue weighted by molar-refractivity contribution is 0.152. The Morgan fingerprint density at radius 3 is 1.40 bits per heavy atom. The number of rotatable bonds is 0. The third-order valence-corrected chi connectivity index (χ3v) is 1.81. The van der Waals surface area contributed by atoms with Crippen molar-refractivity contribution < 1.29 is 14.3 Å². The second-order valence-electron chi connectivity index (χ2n) is 2.81. The Bertz CT molecular complexity index is 413. The first-order valence-corrected chi connectivity index (χ1v) is 4.30. The fourth-order valence-electron chi connectivity index (χ4n) is 1.09. The highest BCUT2D eigenvalue weighted by atomic mass is 16.6. The van der Waals surface area contributed by atoms with E-state index in [0.29, 0.717) is 0 Å². The maximum Gasteiger partial charge on any atom is 0.426 e. The van der Waals surface area contributed by atoms with Crippen LogP contribution in [0.15, 0.2) is 49.1 Å². The maximum atomic E-state index is 11.3. The second-order valence-corrected chi connectivity index (χ2v) is 2.81. The number of ether oxygens (including phenoxy) is 1. The molecule has 2 aromatic heterocycles. The third kappa shape index (κ3) is 1.96. The first-order chi connectivity index (χ1) is 7.27. The SMILES string of the molecule is O=C(OC(=O)n1cccc1)n1cccc1. The van der Waals surface area contributed by atoms with Crippen molar-refractivity contribution in [2.75, 3.05) is 0 Å². The predicted molar refractivity (Wildman–Crippen MR) is 51.5 cm³/mol. The van der Waals surface area contributed by atoms with E-state index in [-0.39, 0.29) is 0 Å². The van der Waals surface area contributed by atoms with E-state index in [4.69, 9.17) is 0 Å². The van der Waals surface area contributed by atoms with Gasteiger partial charge in [0.25, 0.3) is 0 Å². The molecule has 76 valence electrons. The van der Waals surface area contributed by atoms with Gasteiger partial charge >= 0.3 is 12.2 Å². The summed E-state index contributed by atoms with van der Waals surface area (Å²) >= 11 is 0. The number of carbonyl (C=O) groups is 2. The lowest BCUT2D eigenvalue weighted by atomic mass is 10.7. The van der Waals surface area contributed by atoms with Gasteiger partial charge in [-0.1, -0.05) is 0 Å². The lowest BCUT2D eigenvalue weighted by Crippen LogP contribution is -2.20. The van der Waals surface area contributed by atoms with Crippen LogP contribution in [0.5, 0.6) is 0 Å². The fraction of sp³-hybridized carbons (Fsp3) is 0. The van der Waals surface area contributed by atoms with Crippen molar-refractivity contribution in [1.82, 2.24) is 9.13 Å². The molecule has 5 nitrogen and oxygen atoms in total. The topological polar surface area (TPSA) is 53.2 Å². The first kappa shape index (κ1) is 9.26. The van der Waals surface area contributed by atoms with Gasteiger partial charge in [0, 0.05) is 24.8 Å². The van der Waals surface area contributed by atoms with Crippen LogP contribution in [0.4, 0.5) is 9.59 Å². The van der Waals surface area contributed by atoms with E-state index in [1.54, 1.807) is 24.3 Å². The monoisotopic (exact) mass is 204 g/mol. The summed E-state index contributed by atoms with van der Waals surface area (Å²) in [6, 6.07) is 6.67. The number of hydrogen-bond donors (Lipinski definition) is 0. The minimum Gasteiger partial charge on any atom is -0.358 e. The van der Waals surface area contributed by atoms with Gasteiger partial charge in [0.1, 0.15) is 0 Å². The van der Waals surface area contributed by atoms with Gasteiger partial charge in [0.2, 0.25) is 0 Å². The molecule has 2 aromatic rings. The molecule has 0 aliphatic heterocycles. The molecule has 0 aliphatic carbocycles. The molecule has 2 heterocycles. The Morgan fingerprint density at radius 2 is 1.07 bits per heavy atom. The molecule has 0 fully saturated rings. The molecule has 0 radical (unpaired) electrons. The number of nitrogens with zero attached hydrogens (tertiary/aromatic N) is 2. The van der Waals surface area contributed by atoms with Crippen molar-refractivity contribution in [3.63, 3.8) is 0 Å². The smallest absolute Gasteiger partial charge is 0.358 e. The standard InChI is InChI=1S/C10H8N2O3/c13-9(11-5-1-2-6-11)15-10(14)12-7-3-4-8-12/h1-8H. The van der Waals surface area contributed by atoms with Crippen molar-refractivity contribution in [2.45, 2.75) is 0 Å². The van der Waals surface area contributed by atoms with Crippen LogP contribution in [0.1, 0.15) is 0 Å². The van der Waals surface area contributed by atoms with Gasteiger partial charge in [-0.15, -0.1) is 0 Å². The first-order valence-electron chi connectivity index (χ1n) is 4.30. The zero-order valence-electron chi connectivity index (χ0n) is 7.74. The van der Waals surface area contributed by atoms with E-state index in [0.717, 1.165) is 0 Å². The van der Waals surface area contributed by atoms with Gasteiger partial charge in [-0.05, 0) is 24.3 Å². The highest BCUT2D eigenvalue weighted by molar-refractivity contribution is 5.85. The Kier molecular flexibility index (Phi) is 2.37. The zero-order valence-corrected chi connectivity index (χ0v) is 7.74. The van der Waals surface area contributed by atoms with Crippen molar-refractivity contribution in [3.8, 4) is 0 Å². The molecule has 0 bridgehead atoms. The van der Waals surface area contributed by atoms with Gasteiger partial charge in [-0.3, -0.25) is 9.13 Å². The fourth-order valence-corrected chi connectivity index (χ4v) is 1.09. The predicted octanol–water partition coefficient (Wildman–Crippen LogP) is 1.94. The summed E-state index contributed by atoms with van der Waals surface area (Å²) in [5.74, 6) is 0. The molecule has 15 heavy (non-hydrogen) atoms. The maximum absolute atomic E-state index is 11.3.